The Bertz CT molecular complexity index is 583. The summed E-state index contributed by atoms with van der Waals surface area (Å²) in [6, 6.07) is 8.36. The van der Waals surface area contributed by atoms with Crippen molar-refractivity contribution in [2.75, 3.05) is 11.5 Å². The SMILES string of the molecule is C[C@H](NC(=O)CS(=O)(=O)CCCc1ccccc1)C(=O)O. The zero-order valence-corrected chi connectivity index (χ0v) is 12.6. The topological polar surface area (TPSA) is 101 Å². The lowest BCUT2D eigenvalue weighted by molar-refractivity contribution is -0.140. The Hall–Kier alpha value is -1.89. The van der Waals surface area contributed by atoms with E-state index >= 15 is 0 Å². The second-order valence-corrected chi connectivity index (χ2v) is 6.99. The molecular weight excluding hydrogens is 294 g/mol. The highest BCUT2D eigenvalue weighted by Gasteiger charge is 2.20. The number of carbonyl (C=O) groups excluding carboxylic acids is 1. The minimum Gasteiger partial charge on any atom is -0.480 e. The summed E-state index contributed by atoms with van der Waals surface area (Å²) in [5.74, 6) is -2.77. The predicted molar refractivity (Wildman–Crippen MR) is 78.7 cm³/mol. The third-order valence-corrected chi connectivity index (χ3v) is 4.48. The van der Waals surface area contributed by atoms with Gasteiger partial charge in [0, 0.05) is 0 Å². The van der Waals surface area contributed by atoms with Crippen LogP contribution in [0, 0.1) is 0 Å². The first-order chi connectivity index (χ1) is 9.80. The number of rotatable bonds is 8. The van der Waals surface area contributed by atoms with Gasteiger partial charge < -0.3 is 10.4 Å². The summed E-state index contributed by atoms with van der Waals surface area (Å²) < 4.78 is 23.5. The molecule has 6 nitrogen and oxygen atoms in total. The second-order valence-electron chi connectivity index (χ2n) is 4.81. The molecule has 0 spiro atoms. The third kappa shape index (κ3) is 6.89. The molecule has 0 saturated heterocycles. The van der Waals surface area contributed by atoms with Gasteiger partial charge in [-0.05, 0) is 25.3 Å². The van der Waals surface area contributed by atoms with Gasteiger partial charge in [-0.1, -0.05) is 30.3 Å². The number of hydrogen-bond donors (Lipinski definition) is 2. The van der Waals surface area contributed by atoms with E-state index in [9.17, 15) is 18.0 Å². The summed E-state index contributed by atoms with van der Waals surface area (Å²) in [5.41, 5.74) is 1.04. The van der Waals surface area contributed by atoms with Gasteiger partial charge in [0.25, 0.3) is 0 Å². The van der Waals surface area contributed by atoms with Gasteiger partial charge in [-0.25, -0.2) is 8.42 Å². The molecule has 2 N–H and O–H groups in total. The van der Waals surface area contributed by atoms with Crippen molar-refractivity contribution in [3.63, 3.8) is 0 Å². The molecule has 0 aliphatic rings. The van der Waals surface area contributed by atoms with Crippen LogP contribution in [-0.2, 0) is 25.8 Å². The summed E-state index contributed by atoms with van der Waals surface area (Å²) in [7, 11) is -3.53. The van der Waals surface area contributed by atoms with Crippen LogP contribution in [0.2, 0.25) is 0 Å². The Balaban J connectivity index is 2.40. The summed E-state index contributed by atoms with van der Waals surface area (Å²) in [6.45, 7) is 1.28. The average Bonchev–Trinajstić information content (AvgIpc) is 2.38. The van der Waals surface area contributed by atoms with Crippen molar-refractivity contribution in [3.05, 3.63) is 35.9 Å². The fourth-order valence-electron chi connectivity index (χ4n) is 1.76. The summed E-state index contributed by atoms with van der Waals surface area (Å²) >= 11 is 0. The van der Waals surface area contributed by atoms with E-state index in [1.54, 1.807) is 0 Å². The van der Waals surface area contributed by atoms with E-state index in [2.05, 4.69) is 5.32 Å². The summed E-state index contributed by atoms with van der Waals surface area (Å²) in [4.78, 5) is 22.0. The zero-order chi connectivity index (χ0) is 15.9. The van der Waals surface area contributed by atoms with Gasteiger partial charge in [-0.15, -0.1) is 0 Å². The largest absolute Gasteiger partial charge is 0.480 e. The number of nitrogens with one attached hydrogen (secondary N) is 1. The number of benzene rings is 1. The van der Waals surface area contributed by atoms with Gasteiger partial charge in [0.1, 0.15) is 11.8 Å². The molecule has 1 atom stereocenters. The molecule has 1 amide bonds. The lowest BCUT2D eigenvalue weighted by atomic mass is 10.1. The molecule has 116 valence electrons. The molecule has 0 radical (unpaired) electrons. The smallest absolute Gasteiger partial charge is 0.325 e. The standard InChI is InChI=1S/C14H19NO5S/c1-11(14(17)18)15-13(16)10-21(19,20)9-5-8-12-6-3-2-4-7-12/h2-4,6-7,11H,5,8-10H2,1H3,(H,15,16)(H,17,18)/t11-/m0/s1. The number of hydrogen-bond acceptors (Lipinski definition) is 4. The van der Waals surface area contributed by atoms with Crippen molar-refractivity contribution in [1.29, 1.82) is 0 Å². The highest BCUT2D eigenvalue weighted by molar-refractivity contribution is 7.92. The fraction of sp³-hybridized carbons (Fsp3) is 0.429. The van der Waals surface area contributed by atoms with Crippen LogP contribution in [0.15, 0.2) is 30.3 Å². The molecule has 7 heteroatoms. The van der Waals surface area contributed by atoms with Gasteiger partial charge >= 0.3 is 5.97 Å². The van der Waals surface area contributed by atoms with Crippen molar-refractivity contribution in [1.82, 2.24) is 5.32 Å². The van der Waals surface area contributed by atoms with Crippen molar-refractivity contribution in [3.8, 4) is 0 Å². The first kappa shape index (κ1) is 17.2. The number of aryl methyl sites for hydroxylation is 1. The molecule has 0 unspecified atom stereocenters. The van der Waals surface area contributed by atoms with E-state index in [-0.39, 0.29) is 5.75 Å². The molecule has 0 bridgehead atoms. The van der Waals surface area contributed by atoms with Gasteiger partial charge in [0.2, 0.25) is 5.91 Å². The zero-order valence-electron chi connectivity index (χ0n) is 11.8. The van der Waals surface area contributed by atoms with Crippen molar-refractivity contribution in [2.45, 2.75) is 25.8 Å². The quantitative estimate of drug-likeness (QED) is 0.733. The Morgan fingerprint density at radius 1 is 1.24 bits per heavy atom. The van der Waals surface area contributed by atoms with Gasteiger partial charge in [-0.3, -0.25) is 9.59 Å². The Labute approximate surface area is 124 Å². The number of carboxylic acid groups (broad SMARTS) is 1. The maximum Gasteiger partial charge on any atom is 0.325 e. The minimum absolute atomic E-state index is 0.100. The maximum absolute atomic E-state index is 11.8. The average molecular weight is 313 g/mol. The molecule has 0 aliphatic carbocycles. The number of carbonyl (C=O) groups is 2. The number of aliphatic carboxylic acids is 1. The first-order valence-electron chi connectivity index (χ1n) is 6.57. The van der Waals surface area contributed by atoms with Crippen LogP contribution >= 0.6 is 0 Å². The minimum atomic E-state index is -3.53. The van der Waals surface area contributed by atoms with E-state index in [1.165, 1.54) is 6.92 Å². The third-order valence-electron chi connectivity index (χ3n) is 2.86. The van der Waals surface area contributed by atoms with Crippen LogP contribution in [-0.4, -0.2) is 42.9 Å². The normalized spacial score (nSPS) is 12.6. The van der Waals surface area contributed by atoms with Gasteiger partial charge in [-0.2, -0.15) is 0 Å². The molecule has 0 heterocycles. The number of amides is 1. The van der Waals surface area contributed by atoms with Crippen LogP contribution in [0.3, 0.4) is 0 Å². The summed E-state index contributed by atoms with van der Waals surface area (Å²) in [6.07, 6.45) is 1.04. The Morgan fingerprint density at radius 3 is 2.43 bits per heavy atom. The Kier molecular flexibility index (Phi) is 6.36. The van der Waals surface area contributed by atoms with E-state index in [1.807, 2.05) is 30.3 Å². The lowest BCUT2D eigenvalue weighted by Crippen LogP contribution is -2.41. The molecule has 1 aromatic rings. The Morgan fingerprint density at radius 2 is 1.86 bits per heavy atom. The highest BCUT2D eigenvalue weighted by atomic mass is 32.2. The van der Waals surface area contributed by atoms with Crippen molar-refractivity contribution in [2.24, 2.45) is 0 Å². The van der Waals surface area contributed by atoms with E-state index < -0.39 is 33.5 Å². The second kappa shape index (κ2) is 7.78. The molecule has 0 aromatic heterocycles. The number of carboxylic acids is 1. The van der Waals surface area contributed by atoms with E-state index in [0.717, 1.165) is 5.56 Å². The molecule has 21 heavy (non-hydrogen) atoms. The van der Waals surface area contributed by atoms with Gasteiger partial charge in [0.15, 0.2) is 9.84 Å². The van der Waals surface area contributed by atoms with Crippen LogP contribution in [0.4, 0.5) is 0 Å². The molecule has 1 rings (SSSR count). The molecule has 1 aromatic carbocycles. The fourth-order valence-corrected chi connectivity index (χ4v) is 2.97. The number of sulfone groups is 1. The molecular formula is C14H19NO5S. The maximum atomic E-state index is 11.8. The highest BCUT2D eigenvalue weighted by Crippen LogP contribution is 2.04. The predicted octanol–water partition coefficient (Wildman–Crippen LogP) is 0.623. The molecule has 0 fully saturated rings. The van der Waals surface area contributed by atoms with Crippen LogP contribution in [0.5, 0.6) is 0 Å². The van der Waals surface area contributed by atoms with E-state index in [0.29, 0.717) is 12.8 Å². The summed E-state index contributed by atoms with van der Waals surface area (Å²) in [5, 5.41) is 10.8. The van der Waals surface area contributed by atoms with Gasteiger partial charge in [0.05, 0.1) is 5.75 Å². The first-order valence-corrected chi connectivity index (χ1v) is 8.39. The van der Waals surface area contributed by atoms with Crippen molar-refractivity contribution < 1.29 is 23.1 Å². The van der Waals surface area contributed by atoms with E-state index in [4.69, 9.17) is 5.11 Å². The van der Waals surface area contributed by atoms with Crippen molar-refractivity contribution >= 4 is 21.7 Å². The van der Waals surface area contributed by atoms with Crippen LogP contribution < -0.4 is 5.32 Å². The van der Waals surface area contributed by atoms with Crippen LogP contribution in [0.25, 0.3) is 0 Å². The monoisotopic (exact) mass is 313 g/mol. The molecule has 0 aliphatic heterocycles. The van der Waals surface area contributed by atoms with Crippen LogP contribution in [0.1, 0.15) is 18.9 Å². The molecule has 0 saturated carbocycles. The lowest BCUT2D eigenvalue weighted by Gasteiger charge is -2.09.